The van der Waals surface area contributed by atoms with Gasteiger partial charge in [-0.15, -0.1) is 0 Å². The Balaban J connectivity index is 2.18. The molecule has 18 heavy (non-hydrogen) atoms. The molecule has 1 fully saturated rings. The van der Waals surface area contributed by atoms with Crippen molar-refractivity contribution in [3.63, 3.8) is 0 Å². The summed E-state index contributed by atoms with van der Waals surface area (Å²) in [7, 11) is 0. The highest BCUT2D eigenvalue weighted by molar-refractivity contribution is 5.67. The van der Waals surface area contributed by atoms with Crippen LogP contribution in [0.15, 0.2) is 23.8 Å². The summed E-state index contributed by atoms with van der Waals surface area (Å²) in [5, 5.41) is 19.4. The number of ether oxygens (including phenoxy) is 2. The molecule has 0 aromatic heterocycles. The summed E-state index contributed by atoms with van der Waals surface area (Å²) in [4.78, 5) is 11.1. The number of rotatable bonds is 3. The zero-order valence-electron chi connectivity index (χ0n) is 10.7. The zero-order chi connectivity index (χ0) is 13.5. The Kier molecular flexibility index (Phi) is 3.31. The van der Waals surface area contributed by atoms with Gasteiger partial charge < -0.3 is 19.7 Å². The van der Waals surface area contributed by atoms with Gasteiger partial charge in [-0.25, -0.2) is 0 Å². The highest BCUT2D eigenvalue weighted by Gasteiger charge is 2.54. The summed E-state index contributed by atoms with van der Waals surface area (Å²) in [6.07, 6.45) is 3.09. The Morgan fingerprint density at radius 1 is 1.50 bits per heavy atom. The van der Waals surface area contributed by atoms with Crippen molar-refractivity contribution in [3.8, 4) is 0 Å². The molecule has 0 bridgehead atoms. The molecular formula is C13H18O5. The molecule has 0 unspecified atom stereocenters. The molecule has 0 radical (unpaired) electrons. The van der Waals surface area contributed by atoms with E-state index in [0.29, 0.717) is 5.57 Å². The number of esters is 1. The van der Waals surface area contributed by atoms with Gasteiger partial charge in [0, 0.05) is 6.92 Å². The number of hydrogen-bond donors (Lipinski definition) is 2. The van der Waals surface area contributed by atoms with Crippen molar-refractivity contribution in [2.24, 2.45) is 0 Å². The van der Waals surface area contributed by atoms with E-state index < -0.39 is 23.8 Å². The molecule has 0 amide bonds. The van der Waals surface area contributed by atoms with Crippen LogP contribution in [0, 0.1) is 0 Å². The van der Waals surface area contributed by atoms with Gasteiger partial charge >= 0.3 is 5.97 Å². The lowest BCUT2D eigenvalue weighted by Crippen LogP contribution is -2.33. The topological polar surface area (TPSA) is 79.3 Å². The maximum atomic E-state index is 11.1. The zero-order valence-corrected chi connectivity index (χ0v) is 10.7. The second kappa shape index (κ2) is 4.50. The number of aliphatic hydroxyl groups is 2. The van der Waals surface area contributed by atoms with Gasteiger partial charge in [0.2, 0.25) is 0 Å². The lowest BCUT2D eigenvalue weighted by Gasteiger charge is -2.22. The van der Waals surface area contributed by atoms with Crippen molar-refractivity contribution in [3.05, 3.63) is 23.8 Å². The molecular weight excluding hydrogens is 236 g/mol. The van der Waals surface area contributed by atoms with E-state index >= 15 is 0 Å². The minimum Gasteiger partial charge on any atom is -0.455 e. The van der Waals surface area contributed by atoms with Crippen LogP contribution in [-0.4, -0.2) is 46.2 Å². The molecule has 2 aliphatic rings. The maximum Gasteiger partial charge on any atom is 0.303 e. The molecule has 0 spiro atoms. The van der Waals surface area contributed by atoms with Gasteiger partial charge in [-0.3, -0.25) is 4.79 Å². The Morgan fingerprint density at radius 3 is 2.72 bits per heavy atom. The first-order chi connectivity index (χ1) is 8.28. The van der Waals surface area contributed by atoms with Gasteiger partial charge in [0.1, 0.15) is 18.3 Å². The molecule has 1 heterocycles. The summed E-state index contributed by atoms with van der Waals surface area (Å²) >= 11 is 0. The average Bonchev–Trinajstić information content (AvgIpc) is 2.98. The van der Waals surface area contributed by atoms with Crippen LogP contribution in [0.3, 0.4) is 0 Å². The fraction of sp³-hybridized carbons (Fsp3) is 0.615. The third kappa shape index (κ3) is 2.98. The highest BCUT2D eigenvalue weighted by Crippen LogP contribution is 2.39. The SMILES string of the molecule is CC(=O)O[C@@H]1C(/C=C/C(C)(C)O)=C[C@@H](O)[C@@H]2O[C@@H]21. The van der Waals surface area contributed by atoms with E-state index in [9.17, 15) is 15.0 Å². The van der Waals surface area contributed by atoms with Gasteiger partial charge in [0.05, 0.1) is 5.60 Å². The standard InChI is InChI=1S/C13H18O5/c1-7(14)17-10-8(4-5-13(2,3)16)6-9(15)11-12(10)18-11/h4-6,9-12,15-16H,1-3H3/b5-4+/t9-,10-,11+,12-/m1/s1. The van der Waals surface area contributed by atoms with Crippen molar-refractivity contribution >= 4 is 5.97 Å². The third-order valence-corrected chi connectivity index (χ3v) is 2.86. The lowest BCUT2D eigenvalue weighted by atomic mass is 9.93. The molecule has 4 atom stereocenters. The Bertz CT molecular complexity index is 404. The third-order valence-electron chi connectivity index (χ3n) is 2.86. The van der Waals surface area contributed by atoms with Gasteiger partial charge in [-0.1, -0.05) is 12.2 Å². The smallest absolute Gasteiger partial charge is 0.303 e. The number of aliphatic hydroxyl groups excluding tert-OH is 1. The normalized spacial score (nSPS) is 35.1. The molecule has 1 aliphatic heterocycles. The Labute approximate surface area is 106 Å². The first kappa shape index (κ1) is 13.3. The van der Waals surface area contributed by atoms with E-state index in [1.54, 1.807) is 32.1 Å². The van der Waals surface area contributed by atoms with Crippen LogP contribution in [0.1, 0.15) is 20.8 Å². The summed E-state index contributed by atoms with van der Waals surface area (Å²) in [5.41, 5.74) is -0.313. The Hall–Kier alpha value is -1.17. The molecule has 5 heteroatoms. The number of carbonyl (C=O) groups excluding carboxylic acids is 1. The van der Waals surface area contributed by atoms with Crippen molar-refractivity contribution in [2.45, 2.75) is 50.8 Å². The van der Waals surface area contributed by atoms with Gasteiger partial charge in [-0.2, -0.15) is 0 Å². The minimum absolute atomic E-state index is 0.282. The van der Waals surface area contributed by atoms with E-state index in [-0.39, 0.29) is 12.2 Å². The average molecular weight is 254 g/mol. The number of hydrogen-bond acceptors (Lipinski definition) is 5. The van der Waals surface area contributed by atoms with Crippen LogP contribution < -0.4 is 0 Å². The number of fused-ring (bicyclic) bond motifs is 1. The first-order valence-corrected chi connectivity index (χ1v) is 5.92. The minimum atomic E-state index is -0.964. The monoisotopic (exact) mass is 254 g/mol. The second-order valence-corrected chi connectivity index (χ2v) is 5.24. The second-order valence-electron chi connectivity index (χ2n) is 5.24. The molecule has 100 valence electrons. The maximum absolute atomic E-state index is 11.1. The van der Waals surface area contributed by atoms with Crippen molar-refractivity contribution < 1.29 is 24.5 Å². The summed E-state index contributed by atoms with van der Waals surface area (Å²) in [6.45, 7) is 4.61. The van der Waals surface area contributed by atoms with E-state index in [0.717, 1.165) is 0 Å². The lowest BCUT2D eigenvalue weighted by molar-refractivity contribution is -0.145. The summed E-state index contributed by atoms with van der Waals surface area (Å²) < 4.78 is 10.5. The van der Waals surface area contributed by atoms with Crippen molar-refractivity contribution in [2.75, 3.05) is 0 Å². The largest absolute Gasteiger partial charge is 0.455 e. The summed E-state index contributed by atoms with van der Waals surface area (Å²) in [5.74, 6) is -0.395. The van der Waals surface area contributed by atoms with E-state index in [1.165, 1.54) is 6.92 Å². The molecule has 0 aromatic carbocycles. The van der Waals surface area contributed by atoms with Crippen LogP contribution in [0.5, 0.6) is 0 Å². The molecule has 2 N–H and O–H groups in total. The molecule has 5 nitrogen and oxygen atoms in total. The quantitative estimate of drug-likeness (QED) is 0.560. The van der Waals surface area contributed by atoms with Crippen molar-refractivity contribution in [1.82, 2.24) is 0 Å². The summed E-state index contributed by atoms with van der Waals surface area (Å²) in [6, 6.07) is 0. The molecule has 0 saturated carbocycles. The van der Waals surface area contributed by atoms with Crippen molar-refractivity contribution in [1.29, 1.82) is 0 Å². The van der Waals surface area contributed by atoms with Crippen LogP contribution >= 0.6 is 0 Å². The van der Waals surface area contributed by atoms with Crippen LogP contribution in [0.25, 0.3) is 0 Å². The molecule has 1 saturated heterocycles. The first-order valence-electron chi connectivity index (χ1n) is 5.92. The predicted octanol–water partition coefficient (Wildman–Crippen LogP) is 0.313. The van der Waals surface area contributed by atoms with E-state index in [4.69, 9.17) is 9.47 Å². The van der Waals surface area contributed by atoms with E-state index in [2.05, 4.69) is 0 Å². The van der Waals surface area contributed by atoms with Gasteiger partial charge in [-0.05, 0) is 25.5 Å². The van der Waals surface area contributed by atoms with E-state index in [1.807, 2.05) is 0 Å². The highest BCUT2D eigenvalue weighted by atomic mass is 16.6. The fourth-order valence-corrected chi connectivity index (χ4v) is 2.00. The van der Waals surface area contributed by atoms with Crippen LogP contribution in [0.4, 0.5) is 0 Å². The number of carbonyl (C=O) groups is 1. The molecule has 2 rings (SSSR count). The Morgan fingerprint density at radius 2 is 2.17 bits per heavy atom. The predicted molar refractivity (Wildman–Crippen MR) is 63.7 cm³/mol. The fourth-order valence-electron chi connectivity index (χ4n) is 2.00. The molecule has 0 aromatic rings. The van der Waals surface area contributed by atoms with Crippen LogP contribution in [-0.2, 0) is 14.3 Å². The molecule has 1 aliphatic carbocycles. The van der Waals surface area contributed by atoms with Crippen LogP contribution in [0.2, 0.25) is 0 Å². The van der Waals surface area contributed by atoms with Gasteiger partial charge in [0.15, 0.2) is 6.10 Å². The van der Waals surface area contributed by atoms with Gasteiger partial charge in [0.25, 0.3) is 0 Å². The number of epoxide rings is 1.